The van der Waals surface area contributed by atoms with Crippen LogP contribution in [0, 0.1) is 0 Å². The molecular weight excluding hydrogens is 462 g/mol. The summed E-state index contributed by atoms with van der Waals surface area (Å²) in [5.74, 6) is 0.349. The first-order valence-corrected chi connectivity index (χ1v) is 12.3. The molecule has 1 aromatic heterocycles. The molecule has 1 N–H and O–H groups in total. The highest BCUT2D eigenvalue weighted by Crippen LogP contribution is 2.36. The summed E-state index contributed by atoms with van der Waals surface area (Å²) in [5, 5.41) is 0. The van der Waals surface area contributed by atoms with Gasteiger partial charge in [-0.1, -0.05) is 42.5 Å². The number of nitrogens with one attached hydrogen (secondary N) is 1. The Morgan fingerprint density at radius 1 is 0.857 bits per heavy atom. The van der Waals surface area contributed by atoms with Gasteiger partial charge in [-0.25, -0.2) is 13.4 Å². The van der Waals surface area contributed by atoms with Crippen LogP contribution in [0.2, 0.25) is 0 Å². The van der Waals surface area contributed by atoms with Crippen LogP contribution in [0.5, 0.6) is 5.75 Å². The predicted octanol–water partition coefficient (Wildman–Crippen LogP) is 4.99. The number of sulfonamides is 1. The molecule has 174 valence electrons. The number of rotatable bonds is 6. The van der Waals surface area contributed by atoms with Gasteiger partial charge in [0, 0.05) is 17.3 Å². The van der Waals surface area contributed by atoms with Gasteiger partial charge in [-0.2, -0.15) is 0 Å². The third kappa shape index (κ3) is 4.43. The number of ketones is 1. The molecule has 0 bridgehead atoms. The lowest BCUT2D eigenvalue weighted by Gasteiger charge is -2.12. The highest BCUT2D eigenvalue weighted by molar-refractivity contribution is 7.92. The molecule has 1 aliphatic carbocycles. The van der Waals surface area contributed by atoms with Gasteiger partial charge in [0.2, 0.25) is 0 Å². The molecular formula is C27H21N3O4S. The number of anilines is 1. The first kappa shape index (κ1) is 22.5. The van der Waals surface area contributed by atoms with Crippen LogP contribution in [0.15, 0.2) is 107 Å². The number of carbonyl (C=O) groups excluding carboxylic acids is 1. The second kappa shape index (κ2) is 9.15. The van der Waals surface area contributed by atoms with Crippen LogP contribution in [0.4, 0.5) is 11.5 Å². The van der Waals surface area contributed by atoms with E-state index < -0.39 is 15.9 Å². The summed E-state index contributed by atoms with van der Waals surface area (Å²) in [6.07, 6.45) is 1.51. The van der Waals surface area contributed by atoms with Gasteiger partial charge in [0.25, 0.3) is 10.0 Å². The van der Waals surface area contributed by atoms with E-state index in [1.54, 1.807) is 43.5 Å². The highest BCUT2D eigenvalue weighted by Gasteiger charge is 2.37. The van der Waals surface area contributed by atoms with Crippen LogP contribution in [0.3, 0.4) is 0 Å². The topological polar surface area (TPSA) is 97.7 Å². The number of methoxy groups -OCH3 is 1. The van der Waals surface area contributed by atoms with Gasteiger partial charge in [0.15, 0.2) is 5.78 Å². The van der Waals surface area contributed by atoms with Crippen molar-refractivity contribution in [3.05, 3.63) is 114 Å². The van der Waals surface area contributed by atoms with Gasteiger partial charge in [0.1, 0.15) is 11.6 Å². The number of nitrogens with zero attached hydrogens (tertiary/aromatic N) is 2. The molecule has 5 rings (SSSR count). The molecule has 0 spiro atoms. The lowest BCUT2D eigenvalue weighted by atomic mass is 9.93. The van der Waals surface area contributed by atoms with Crippen molar-refractivity contribution < 1.29 is 17.9 Å². The number of Topliss-reactive ketones (excluding diaryl/α,β-unsaturated/α-hetero) is 1. The van der Waals surface area contributed by atoms with E-state index in [9.17, 15) is 13.2 Å². The van der Waals surface area contributed by atoms with E-state index in [0.717, 1.165) is 11.1 Å². The number of pyridine rings is 1. The molecule has 0 radical (unpaired) electrons. The van der Waals surface area contributed by atoms with Crippen LogP contribution >= 0.6 is 0 Å². The number of hydrogen-bond donors (Lipinski definition) is 1. The predicted molar refractivity (Wildman–Crippen MR) is 134 cm³/mol. The van der Waals surface area contributed by atoms with Gasteiger partial charge in [-0.15, -0.1) is 0 Å². The molecule has 0 amide bonds. The number of hydrogen-bond acceptors (Lipinski definition) is 6. The second-order valence-corrected chi connectivity index (χ2v) is 9.61. The molecule has 1 atom stereocenters. The van der Waals surface area contributed by atoms with Gasteiger partial charge >= 0.3 is 0 Å². The monoisotopic (exact) mass is 483 g/mol. The quantitative estimate of drug-likeness (QED) is 0.417. The Labute approximate surface area is 203 Å². The van der Waals surface area contributed by atoms with E-state index in [-0.39, 0.29) is 16.5 Å². The zero-order chi connectivity index (χ0) is 24.4. The fourth-order valence-corrected chi connectivity index (χ4v) is 5.05. The number of carbonyl (C=O) groups is 1. The van der Waals surface area contributed by atoms with Gasteiger partial charge in [-0.3, -0.25) is 14.5 Å². The summed E-state index contributed by atoms with van der Waals surface area (Å²) in [7, 11) is -2.21. The molecule has 8 heteroatoms. The molecule has 1 aliphatic rings. The number of aromatic nitrogens is 1. The zero-order valence-electron chi connectivity index (χ0n) is 18.8. The summed E-state index contributed by atoms with van der Waals surface area (Å²) in [6.45, 7) is 0. The molecule has 0 fully saturated rings. The normalized spacial score (nSPS) is 16.2. The zero-order valence-corrected chi connectivity index (χ0v) is 19.6. The summed E-state index contributed by atoms with van der Waals surface area (Å²) >= 11 is 0. The number of fused-ring (bicyclic) bond motifs is 1. The molecule has 1 unspecified atom stereocenters. The Balaban J connectivity index is 1.50. The lowest BCUT2D eigenvalue weighted by Crippen LogP contribution is -2.14. The van der Waals surface area contributed by atoms with Gasteiger partial charge in [-0.05, 0) is 54.1 Å². The third-order valence-corrected chi connectivity index (χ3v) is 7.12. The molecule has 3 aromatic carbocycles. The molecule has 0 saturated heterocycles. The average Bonchev–Trinajstić information content (AvgIpc) is 3.16. The Hall–Kier alpha value is -4.30. The summed E-state index contributed by atoms with van der Waals surface area (Å²) in [5.41, 5.74) is 3.36. The molecule has 0 aliphatic heterocycles. The van der Waals surface area contributed by atoms with E-state index in [2.05, 4.69) is 9.71 Å². The maximum Gasteiger partial charge on any atom is 0.263 e. The van der Waals surface area contributed by atoms with Crippen LogP contribution in [0.1, 0.15) is 27.4 Å². The second-order valence-electron chi connectivity index (χ2n) is 7.93. The summed E-state index contributed by atoms with van der Waals surface area (Å²) < 4.78 is 33.1. The third-order valence-electron chi connectivity index (χ3n) is 5.75. The van der Waals surface area contributed by atoms with Gasteiger partial charge in [0.05, 0.1) is 29.3 Å². The maximum atomic E-state index is 13.3. The van der Waals surface area contributed by atoms with Crippen molar-refractivity contribution in [3.63, 3.8) is 0 Å². The number of aliphatic imine (C=N–C) groups is 1. The van der Waals surface area contributed by atoms with Crippen molar-refractivity contribution in [3.8, 4) is 5.75 Å². The standard InChI is InChI=1S/C27H21N3O4S/c1-34-20-13-9-18(10-14-20)25-26(22-6-2-3-7-23(22)27(25)31)29-19-11-15-21(16-12-19)35(32,33)30-24-8-4-5-17-28-24/h2-17,25H,1H3,(H,28,30). The Kier molecular flexibility index (Phi) is 5.88. The van der Waals surface area contributed by atoms with E-state index in [4.69, 9.17) is 9.73 Å². The largest absolute Gasteiger partial charge is 0.497 e. The van der Waals surface area contributed by atoms with E-state index in [0.29, 0.717) is 22.7 Å². The smallest absolute Gasteiger partial charge is 0.263 e. The fraction of sp³-hybridized carbons (Fsp3) is 0.0741. The molecule has 4 aromatic rings. The molecule has 7 nitrogen and oxygen atoms in total. The Bertz CT molecular complexity index is 1520. The average molecular weight is 484 g/mol. The Morgan fingerprint density at radius 3 is 2.20 bits per heavy atom. The minimum absolute atomic E-state index is 0.0247. The first-order chi connectivity index (χ1) is 17.0. The number of benzene rings is 3. The maximum absolute atomic E-state index is 13.3. The molecule has 0 saturated carbocycles. The van der Waals surface area contributed by atoms with Crippen LogP contribution in [-0.4, -0.2) is 32.0 Å². The summed E-state index contributed by atoms with van der Waals surface area (Å²) in [6, 6.07) is 25.9. The van der Waals surface area contributed by atoms with E-state index in [1.807, 2.05) is 42.5 Å². The Morgan fingerprint density at radius 2 is 1.54 bits per heavy atom. The fourth-order valence-electron chi connectivity index (χ4n) is 4.05. The van der Waals surface area contributed by atoms with Crippen molar-refractivity contribution >= 4 is 33.0 Å². The van der Waals surface area contributed by atoms with Crippen LogP contribution in [-0.2, 0) is 10.0 Å². The number of ether oxygens (including phenoxy) is 1. The van der Waals surface area contributed by atoms with Crippen molar-refractivity contribution in [2.75, 3.05) is 11.8 Å². The van der Waals surface area contributed by atoms with Crippen molar-refractivity contribution in [2.45, 2.75) is 10.8 Å². The SMILES string of the molecule is COc1ccc(C2C(=O)c3ccccc3C2=Nc2ccc(S(=O)(=O)Nc3ccccn3)cc2)cc1. The van der Waals surface area contributed by atoms with Crippen LogP contribution < -0.4 is 9.46 Å². The molecule has 1 heterocycles. The first-order valence-electron chi connectivity index (χ1n) is 10.9. The highest BCUT2D eigenvalue weighted by atomic mass is 32.2. The van der Waals surface area contributed by atoms with Crippen molar-refractivity contribution in [1.82, 2.24) is 4.98 Å². The van der Waals surface area contributed by atoms with E-state index >= 15 is 0 Å². The molecule has 35 heavy (non-hydrogen) atoms. The minimum atomic E-state index is -3.80. The lowest BCUT2D eigenvalue weighted by molar-refractivity contribution is 0.0988. The summed E-state index contributed by atoms with van der Waals surface area (Å²) in [4.78, 5) is 22.2. The van der Waals surface area contributed by atoms with Crippen molar-refractivity contribution in [1.29, 1.82) is 0 Å². The van der Waals surface area contributed by atoms with Gasteiger partial charge < -0.3 is 4.74 Å². The van der Waals surface area contributed by atoms with E-state index in [1.165, 1.54) is 18.3 Å². The van der Waals surface area contributed by atoms with Crippen molar-refractivity contribution in [2.24, 2.45) is 4.99 Å². The van der Waals surface area contributed by atoms with Crippen LogP contribution in [0.25, 0.3) is 0 Å². The minimum Gasteiger partial charge on any atom is -0.497 e.